The van der Waals surface area contributed by atoms with E-state index in [0.29, 0.717) is 0 Å². The van der Waals surface area contributed by atoms with E-state index >= 15 is 0 Å². The Labute approximate surface area is 247 Å². The fourth-order valence-electron chi connectivity index (χ4n) is 6.85. The molecule has 42 heavy (non-hydrogen) atoms. The summed E-state index contributed by atoms with van der Waals surface area (Å²) in [6, 6.07) is 20.5. The molecule has 1 aliphatic heterocycles. The van der Waals surface area contributed by atoms with Crippen molar-refractivity contribution in [2.45, 2.75) is 32.3 Å². The number of nitrogens with one attached hydrogen (secondary N) is 2. The molecule has 5 rings (SSSR count). The van der Waals surface area contributed by atoms with Gasteiger partial charge < -0.3 is 15.5 Å². The Morgan fingerprint density at radius 3 is 2.57 bits per heavy atom. The number of ether oxygens (including phenoxy) is 1. The molecule has 2 fully saturated rings. The van der Waals surface area contributed by atoms with Crippen molar-refractivity contribution in [1.82, 2.24) is 4.90 Å². The SMILES string of the molecule is C=C/C=C\C=C(/C)CN1CC2C(C(OC(C)=O)c3ccccc3)C2(c2cc(C=N)c(Nc3ccc(F)cc3)cc2C)C1. The first kappa shape index (κ1) is 29.2. The molecule has 2 N–H and O–H groups in total. The first-order valence-corrected chi connectivity index (χ1v) is 14.3. The first-order chi connectivity index (χ1) is 20.3. The molecule has 3 aromatic carbocycles. The third kappa shape index (κ3) is 5.86. The van der Waals surface area contributed by atoms with E-state index < -0.39 is 0 Å². The molecule has 3 aromatic rings. The van der Waals surface area contributed by atoms with Gasteiger partial charge in [0.2, 0.25) is 0 Å². The third-order valence-electron chi connectivity index (χ3n) is 8.55. The van der Waals surface area contributed by atoms with E-state index in [9.17, 15) is 9.18 Å². The summed E-state index contributed by atoms with van der Waals surface area (Å²) in [6.45, 7) is 12.0. The van der Waals surface area contributed by atoms with Crippen molar-refractivity contribution in [3.63, 3.8) is 0 Å². The van der Waals surface area contributed by atoms with Crippen LogP contribution in [0.15, 0.2) is 103 Å². The van der Waals surface area contributed by atoms with E-state index in [0.717, 1.165) is 47.7 Å². The summed E-state index contributed by atoms with van der Waals surface area (Å²) in [5.41, 5.74) is 6.63. The Balaban J connectivity index is 1.53. The van der Waals surface area contributed by atoms with E-state index in [1.54, 1.807) is 18.2 Å². The van der Waals surface area contributed by atoms with Gasteiger partial charge in [0.1, 0.15) is 11.9 Å². The maximum absolute atomic E-state index is 13.5. The fourth-order valence-corrected chi connectivity index (χ4v) is 6.85. The predicted molar refractivity (Wildman–Crippen MR) is 168 cm³/mol. The molecule has 1 heterocycles. The average molecular weight is 564 g/mol. The minimum atomic E-state index is -0.358. The van der Waals surface area contributed by atoms with Crippen LogP contribution >= 0.6 is 0 Å². The van der Waals surface area contributed by atoms with E-state index in [-0.39, 0.29) is 35.1 Å². The van der Waals surface area contributed by atoms with Gasteiger partial charge in [-0.25, -0.2) is 4.39 Å². The molecule has 1 aliphatic carbocycles. The van der Waals surface area contributed by atoms with Gasteiger partial charge >= 0.3 is 5.97 Å². The Hall–Kier alpha value is -4.29. The van der Waals surface area contributed by atoms with Crippen molar-refractivity contribution in [1.29, 1.82) is 5.41 Å². The molecular formula is C36H38FN3O2. The summed E-state index contributed by atoms with van der Waals surface area (Å²) in [5.74, 6) is -0.188. The molecule has 4 unspecified atom stereocenters. The standard InChI is InChI=1S/C36H38FN3O2/c1-5-6-8-11-24(2)21-40-22-32-34(35(42-26(4)41)27-12-9-7-10-13-27)36(32,23-40)31-19-28(20-38)33(18-25(31)3)39-30-16-14-29(37)15-17-30/h5-20,32,34-35,38-39H,1,21-23H2,2-4H3/b8-6-,24-11+,38-20?. The van der Waals surface area contributed by atoms with Crippen LogP contribution in [0, 0.1) is 30.0 Å². The number of likely N-dealkylation sites (tertiary alicyclic amines) is 1. The summed E-state index contributed by atoms with van der Waals surface area (Å²) in [6.07, 6.45) is 8.83. The predicted octanol–water partition coefficient (Wildman–Crippen LogP) is 7.67. The highest BCUT2D eigenvalue weighted by atomic mass is 19.1. The number of aryl methyl sites for hydroxylation is 1. The molecule has 216 valence electrons. The number of rotatable bonds is 11. The smallest absolute Gasteiger partial charge is 0.303 e. The summed E-state index contributed by atoms with van der Waals surface area (Å²) >= 11 is 0. The van der Waals surface area contributed by atoms with Gasteiger partial charge in [-0.05, 0) is 72.9 Å². The Morgan fingerprint density at radius 1 is 1.17 bits per heavy atom. The van der Waals surface area contributed by atoms with E-state index in [4.69, 9.17) is 10.1 Å². The van der Waals surface area contributed by atoms with Crippen molar-refractivity contribution in [3.8, 4) is 0 Å². The van der Waals surface area contributed by atoms with Gasteiger partial charge in [0, 0.05) is 61.0 Å². The number of esters is 1. The van der Waals surface area contributed by atoms with Crippen molar-refractivity contribution in [3.05, 3.63) is 131 Å². The highest BCUT2D eigenvalue weighted by Crippen LogP contribution is 2.69. The zero-order valence-corrected chi connectivity index (χ0v) is 24.4. The quantitative estimate of drug-likeness (QED) is 0.143. The number of halogens is 1. The van der Waals surface area contributed by atoms with Crippen LogP contribution in [-0.4, -0.2) is 36.7 Å². The molecule has 1 saturated heterocycles. The molecule has 6 heteroatoms. The largest absolute Gasteiger partial charge is 0.457 e. The van der Waals surface area contributed by atoms with E-state index in [1.807, 2.05) is 42.5 Å². The number of hydrogen-bond donors (Lipinski definition) is 2. The van der Waals surface area contributed by atoms with E-state index in [1.165, 1.54) is 36.4 Å². The van der Waals surface area contributed by atoms with Crippen LogP contribution < -0.4 is 5.32 Å². The molecule has 0 amide bonds. The highest BCUT2D eigenvalue weighted by molar-refractivity contribution is 5.88. The molecule has 2 aliphatic rings. The number of carbonyl (C=O) groups is 1. The molecule has 0 spiro atoms. The topological polar surface area (TPSA) is 65.4 Å². The Kier molecular flexibility index (Phi) is 8.55. The number of hydrogen-bond acceptors (Lipinski definition) is 5. The number of fused-ring (bicyclic) bond motifs is 1. The second-order valence-corrected chi connectivity index (χ2v) is 11.4. The monoisotopic (exact) mass is 563 g/mol. The van der Waals surface area contributed by atoms with E-state index in [2.05, 4.69) is 48.9 Å². The number of piperidine rings is 1. The molecular weight excluding hydrogens is 525 g/mol. The van der Waals surface area contributed by atoms with Gasteiger partial charge in [-0.2, -0.15) is 0 Å². The van der Waals surface area contributed by atoms with Crippen molar-refractivity contribution in [2.75, 3.05) is 25.0 Å². The summed E-state index contributed by atoms with van der Waals surface area (Å²) in [5, 5.41) is 11.6. The second-order valence-electron chi connectivity index (χ2n) is 11.4. The lowest BCUT2D eigenvalue weighted by Crippen LogP contribution is -2.33. The van der Waals surface area contributed by atoms with Gasteiger partial charge in [0.05, 0.1) is 0 Å². The third-order valence-corrected chi connectivity index (χ3v) is 8.55. The van der Waals surface area contributed by atoms with Gasteiger partial charge in [0.15, 0.2) is 0 Å². The Bertz CT molecular complexity index is 1530. The molecule has 0 bridgehead atoms. The van der Waals surface area contributed by atoms with Gasteiger partial charge in [-0.3, -0.25) is 9.69 Å². The van der Waals surface area contributed by atoms with Crippen LogP contribution in [-0.2, 0) is 14.9 Å². The first-order valence-electron chi connectivity index (χ1n) is 14.3. The number of benzene rings is 3. The second kappa shape index (κ2) is 12.3. The zero-order valence-electron chi connectivity index (χ0n) is 24.4. The lowest BCUT2D eigenvalue weighted by Gasteiger charge is -2.29. The summed E-state index contributed by atoms with van der Waals surface area (Å²) < 4.78 is 19.5. The maximum Gasteiger partial charge on any atom is 0.303 e. The van der Waals surface area contributed by atoms with Crippen LogP contribution in [0.2, 0.25) is 0 Å². The molecule has 0 aromatic heterocycles. The van der Waals surface area contributed by atoms with Gasteiger partial charge in [0.25, 0.3) is 0 Å². The van der Waals surface area contributed by atoms with Crippen LogP contribution in [0.25, 0.3) is 0 Å². The van der Waals surface area contributed by atoms with Crippen molar-refractivity contribution < 1.29 is 13.9 Å². The highest BCUT2D eigenvalue weighted by Gasteiger charge is 2.72. The Morgan fingerprint density at radius 2 is 1.90 bits per heavy atom. The molecule has 5 nitrogen and oxygen atoms in total. The normalized spacial score (nSPS) is 22.4. The fraction of sp³-hybridized carbons (Fsp3) is 0.278. The number of allylic oxidation sites excluding steroid dienone is 4. The summed E-state index contributed by atoms with van der Waals surface area (Å²) in [7, 11) is 0. The van der Waals surface area contributed by atoms with Crippen molar-refractivity contribution in [2.24, 2.45) is 11.8 Å². The average Bonchev–Trinajstić information content (AvgIpc) is 3.42. The molecule has 0 radical (unpaired) electrons. The lowest BCUT2D eigenvalue weighted by molar-refractivity contribution is -0.148. The maximum atomic E-state index is 13.5. The number of carbonyl (C=O) groups excluding carboxylic acids is 1. The lowest BCUT2D eigenvalue weighted by atomic mass is 9.85. The van der Waals surface area contributed by atoms with Crippen LogP contribution in [0.5, 0.6) is 0 Å². The minimum Gasteiger partial charge on any atom is -0.457 e. The van der Waals surface area contributed by atoms with Gasteiger partial charge in [-0.15, -0.1) is 0 Å². The van der Waals surface area contributed by atoms with Crippen LogP contribution in [0.1, 0.15) is 42.2 Å². The minimum absolute atomic E-state index is 0.109. The molecule has 1 saturated carbocycles. The number of anilines is 2. The molecule has 4 atom stereocenters. The van der Waals surface area contributed by atoms with Crippen LogP contribution in [0.3, 0.4) is 0 Å². The van der Waals surface area contributed by atoms with Crippen LogP contribution in [0.4, 0.5) is 15.8 Å². The number of nitrogens with zero attached hydrogens (tertiary/aromatic N) is 1. The summed E-state index contributed by atoms with van der Waals surface area (Å²) in [4.78, 5) is 14.8. The van der Waals surface area contributed by atoms with Crippen molar-refractivity contribution >= 4 is 23.6 Å². The van der Waals surface area contributed by atoms with Gasteiger partial charge in [-0.1, -0.05) is 66.8 Å². The zero-order chi connectivity index (χ0) is 29.9.